The van der Waals surface area contributed by atoms with Crippen molar-refractivity contribution in [2.45, 2.75) is 161 Å². The second-order valence-electron chi connectivity index (χ2n) is 12.7. The lowest BCUT2D eigenvalue weighted by Crippen LogP contribution is -2.28. The van der Waals surface area contributed by atoms with Crippen molar-refractivity contribution >= 4 is 11.9 Å². The highest BCUT2D eigenvalue weighted by Crippen LogP contribution is 2.15. The van der Waals surface area contributed by atoms with E-state index in [-0.39, 0.29) is 25.4 Å². The van der Waals surface area contributed by atoms with E-state index in [2.05, 4.69) is 69.4 Å². The first-order chi connectivity index (χ1) is 23.4. The van der Waals surface area contributed by atoms with Gasteiger partial charge in [0.05, 0.1) is 12.7 Å². The predicted octanol–water partition coefficient (Wildman–Crippen LogP) is 10.6. The summed E-state index contributed by atoms with van der Waals surface area (Å²) in [5.41, 5.74) is 0. The van der Waals surface area contributed by atoms with Crippen molar-refractivity contribution in [1.29, 1.82) is 0 Å². The van der Waals surface area contributed by atoms with E-state index in [1.165, 1.54) is 57.8 Å². The highest BCUT2D eigenvalue weighted by Gasteiger charge is 2.17. The van der Waals surface area contributed by atoms with Gasteiger partial charge < -0.3 is 19.7 Å². The highest BCUT2D eigenvalue weighted by atomic mass is 16.6. The van der Waals surface area contributed by atoms with Gasteiger partial charge in [0.15, 0.2) is 6.10 Å². The second-order valence-corrected chi connectivity index (χ2v) is 12.7. The number of allylic oxidation sites excluding steroid dienone is 11. The Morgan fingerprint density at radius 2 is 1.15 bits per heavy atom. The molecule has 0 bridgehead atoms. The van der Waals surface area contributed by atoms with Gasteiger partial charge in [-0.3, -0.25) is 9.59 Å². The summed E-state index contributed by atoms with van der Waals surface area (Å²) in [6.07, 6.45) is 42.8. The maximum atomic E-state index is 12.2. The van der Waals surface area contributed by atoms with E-state index in [0.717, 1.165) is 57.3 Å². The zero-order valence-electron chi connectivity index (χ0n) is 30.7. The molecule has 0 saturated carbocycles. The van der Waals surface area contributed by atoms with Crippen LogP contribution >= 0.6 is 0 Å². The largest absolute Gasteiger partial charge is 0.462 e. The summed E-state index contributed by atoms with van der Waals surface area (Å²) in [6, 6.07) is 0. The number of esters is 2. The minimum Gasteiger partial charge on any atom is -0.462 e. The van der Waals surface area contributed by atoms with Crippen LogP contribution in [0.3, 0.4) is 0 Å². The van der Waals surface area contributed by atoms with E-state index in [1.54, 1.807) is 12.2 Å². The lowest BCUT2D eigenvalue weighted by molar-refractivity contribution is -0.161. The van der Waals surface area contributed by atoms with Gasteiger partial charge in [-0.15, -0.1) is 0 Å². The molecule has 0 saturated heterocycles. The minimum absolute atomic E-state index is 0.000143. The Bertz CT molecular complexity index is 928. The molecular weight excluding hydrogens is 600 g/mol. The van der Waals surface area contributed by atoms with Crippen LogP contribution in [0, 0.1) is 5.92 Å². The second kappa shape index (κ2) is 35.6. The van der Waals surface area contributed by atoms with E-state index in [0.29, 0.717) is 6.42 Å². The molecule has 2 unspecified atom stereocenters. The van der Waals surface area contributed by atoms with Crippen LogP contribution in [0.25, 0.3) is 0 Å². The SMILES string of the molecule is CC/C=C\C/C=C\C/C=C\C/C=C\C/C=C\C=C/C(O)CCC(=O)O[C@@H](CO)COC(=O)CCCCCCCCCCCCC(C)CC. The maximum absolute atomic E-state index is 12.2. The van der Waals surface area contributed by atoms with Gasteiger partial charge in [0, 0.05) is 12.8 Å². The molecule has 0 aliphatic rings. The molecule has 2 N–H and O–H groups in total. The molecule has 0 aromatic carbocycles. The highest BCUT2D eigenvalue weighted by molar-refractivity contribution is 5.70. The monoisotopic (exact) mass is 671 g/mol. The van der Waals surface area contributed by atoms with E-state index in [1.807, 2.05) is 12.2 Å². The fraction of sp³-hybridized carbons (Fsp3) is 0.667. The number of carbonyl (C=O) groups excluding carboxylic acids is 2. The molecule has 48 heavy (non-hydrogen) atoms. The van der Waals surface area contributed by atoms with E-state index < -0.39 is 24.8 Å². The molecule has 3 atom stereocenters. The van der Waals surface area contributed by atoms with Crippen LogP contribution in [-0.4, -0.2) is 47.6 Å². The van der Waals surface area contributed by atoms with Crippen molar-refractivity contribution < 1.29 is 29.3 Å². The molecule has 0 aliphatic carbocycles. The molecule has 0 aromatic heterocycles. The number of hydrogen-bond acceptors (Lipinski definition) is 6. The number of ether oxygens (including phenoxy) is 2. The predicted molar refractivity (Wildman–Crippen MR) is 202 cm³/mol. The van der Waals surface area contributed by atoms with Crippen LogP contribution in [0.5, 0.6) is 0 Å². The Hall–Kier alpha value is -2.70. The van der Waals surface area contributed by atoms with E-state index in [4.69, 9.17) is 9.47 Å². The summed E-state index contributed by atoms with van der Waals surface area (Å²) < 4.78 is 10.4. The van der Waals surface area contributed by atoms with E-state index in [9.17, 15) is 19.8 Å². The number of aliphatic hydroxyl groups excluding tert-OH is 2. The topological polar surface area (TPSA) is 93.1 Å². The quantitative estimate of drug-likeness (QED) is 0.0320. The molecule has 0 fully saturated rings. The number of unbranched alkanes of at least 4 members (excludes halogenated alkanes) is 9. The van der Waals surface area contributed by atoms with Crippen molar-refractivity contribution in [3.63, 3.8) is 0 Å². The summed E-state index contributed by atoms with van der Waals surface area (Å²) in [6.45, 7) is 6.16. The van der Waals surface area contributed by atoms with Crippen LogP contribution in [0.15, 0.2) is 72.9 Å². The van der Waals surface area contributed by atoms with Gasteiger partial charge in [-0.2, -0.15) is 0 Å². The van der Waals surface area contributed by atoms with Gasteiger partial charge in [-0.05, 0) is 50.9 Å². The number of aliphatic hydroxyl groups is 2. The van der Waals surface area contributed by atoms with Crippen LogP contribution in [0.4, 0.5) is 0 Å². The fourth-order valence-corrected chi connectivity index (χ4v) is 4.87. The zero-order valence-corrected chi connectivity index (χ0v) is 30.7. The molecule has 274 valence electrons. The normalized spacial score (nSPS) is 14.4. The molecule has 0 amide bonds. The smallest absolute Gasteiger partial charge is 0.306 e. The van der Waals surface area contributed by atoms with Gasteiger partial charge in [0.25, 0.3) is 0 Å². The fourth-order valence-electron chi connectivity index (χ4n) is 4.87. The Morgan fingerprint density at radius 1 is 0.625 bits per heavy atom. The number of carbonyl (C=O) groups is 2. The summed E-state index contributed by atoms with van der Waals surface area (Å²) in [7, 11) is 0. The van der Waals surface area contributed by atoms with Crippen LogP contribution in [0.2, 0.25) is 0 Å². The van der Waals surface area contributed by atoms with E-state index >= 15 is 0 Å². The van der Waals surface area contributed by atoms with Gasteiger partial charge in [0.2, 0.25) is 0 Å². The lowest BCUT2D eigenvalue weighted by atomic mass is 9.99. The third-order valence-electron chi connectivity index (χ3n) is 8.17. The third-order valence-corrected chi connectivity index (χ3v) is 8.17. The maximum Gasteiger partial charge on any atom is 0.306 e. The third kappa shape index (κ3) is 33.2. The van der Waals surface area contributed by atoms with Gasteiger partial charge in [-0.1, -0.05) is 164 Å². The average Bonchev–Trinajstić information content (AvgIpc) is 3.09. The first kappa shape index (κ1) is 45.3. The molecule has 6 nitrogen and oxygen atoms in total. The molecule has 0 aromatic rings. The lowest BCUT2D eigenvalue weighted by Gasteiger charge is -2.16. The molecular formula is C42H70O6. The Balaban J connectivity index is 3.85. The molecule has 0 spiro atoms. The van der Waals surface area contributed by atoms with Crippen molar-refractivity contribution in [2.24, 2.45) is 5.92 Å². The van der Waals surface area contributed by atoms with Gasteiger partial charge in [-0.25, -0.2) is 0 Å². The molecule has 0 radical (unpaired) electrons. The van der Waals surface area contributed by atoms with Crippen molar-refractivity contribution in [3.8, 4) is 0 Å². The Kier molecular flexibility index (Phi) is 33.6. The zero-order chi connectivity index (χ0) is 35.3. The van der Waals surface area contributed by atoms with Crippen molar-refractivity contribution in [1.82, 2.24) is 0 Å². The van der Waals surface area contributed by atoms with Gasteiger partial charge in [0.1, 0.15) is 6.61 Å². The number of hydrogen-bond donors (Lipinski definition) is 2. The first-order valence-electron chi connectivity index (χ1n) is 19.0. The van der Waals surface area contributed by atoms with Crippen molar-refractivity contribution in [3.05, 3.63) is 72.9 Å². The number of rotatable bonds is 32. The minimum atomic E-state index is -0.898. The Morgan fingerprint density at radius 3 is 1.69 bits per heavy atom. The summed E-state index contributed by atoms with van der Waals surface area (Å²) in [4.78, 5) is 24.2. The van der Waals surface area contributed by atoms with Gasteiger partial charge >= 0.3 is 11.9 Å². The van der Waals surface area contributed by atoms with Crippen LogP contribution in [0.1, 0.15) is 149 Å². The molecule has 0 rings (SSSR count). The Labute approximate surface area is 294 Å². The van der Waals surface area contributed by atoms with Crippen LogP contribution < -0.4 is 0 Å². The first-order valence-corrected chi connectivity index (χ1v) is 19.0. The average molecular weight is 671 g/mol. The summed E-state index contributed by atoms with van der Waals surface area (Å²) in [5, 5.41) is 19.7. The molecule has 0 aliphatic heterocycles. The standard InChI is InChI=1S/C42H70O6/c1-4-6-7-8-9-10-11-12-13-14-15-16-20-23-26-29-32-39(44)34-35-42(46)48-40(36-43)37-47-41(45)33-30-27-24-21-18-17-19-22-25-28-31-38(3)5-2/h6-7,9-10,12-13,15-16,23,26,29,32,38-40,43-44H,4-5,8,11,14,17-22,24-25,27-28,30-31,33-37H2,1-3H3/b7-6-,10-9-,13-12-,16-15-,26-23-,32-29-/t38?,39?,40-/m0/s1. The molecule has 0 heterocycles. The molecule has 6 heteroatoms. The summed E-state index contributed by atoms with van der Waals surface area (Å²) in [5.74, 6) is -0.0157. The van der Waals surface area contributed by atoms with Crippen LogP contribution in [-0.2, 0) is 19.1 Å². The summed E-state index contributed by atoms with van der Waals surface area (Å²) >= 11 is 0. The van der Waals surface area contributed by atoms with Crippen molar-refractivity contribution in [2.75, 3.05) is 13.2 Å².